The molecule has 156 valence electrons. The first kappa shape index (κ1) is 22.2. The summed E-state index contributed by atoms with van der Waals surface area (Å²) in [5.74, 6) is 0.943. The third-order valence-electron chi connectivity index (χ3n) is 5.20. The van der Waals surface area contributed by atoms with Crippen LogP contribution in [0.25, 0.3) is 6.08 Å². The number of benzene rings is 2. The molecule has 0 radical (unpaired) electrons. The van der Waals surface area contributed by atoms with Crippen LogP contribution in [-0.2, 0) is 6.42 Å². The Hall–Kier alpha value is -2.51. The van der Waals surface area contributed by atoms with Gasteiger partial charge in [0.1, 0.15) is 5.75 Å². The van der Waals surface area contributed by atoms with Gasteiger partial charge >= 0.3 is 0 Å². The van der Waals surface area contributed by atoms with E-state index in [-0.39, 0.29) is 5.78 Å². The Morgan fingerprint density at radius 1 is 1.03 bits per heavy atom. The van der Waals surface area contributed by atoms with Crippen LogP contribution in [0.5, 0.6) is 5.75 Å². The summed E-state index contributed by atoms with van der Waals surface area (Å²) in [7, 11) is 0. The number of carbonyl (C=O) groups is 1. The zero-order chi connectivity index (χ0) is 21.2. The second kappa shape index (κ2) is 11.6. The number of ketones is 1. The fourth-order valence-electron chi connectivity index (χ4n) is 3.48. The summed E-state index contributed by atoms with van der Waals surface area (Å²) in [6.07, 6.45) is 10.6. The summed E-state index contributed by atoms with van der Waals surface area (Å²) in [5.41, 5.74) is 2.79. The zero-order valence-corrected chi connectivity index (χ0v) is 18.5. The molecule has 0 amide bonds. The van der Waals surface area contributed by atoms with E-state index in [1.165, 1.54) is 43.9 Å². The van der Waals surface area contributed by atoms with Crippen molar-refractivity contribution in [2.45, 2.75) is 63.2 Å². The lowest BCUT2D eigenvalue weighted by Crippen LogP contribution is -1.97. The van der Waals surface area contributed by atoms with E-state index in [2.05, 4.69) is 13.0 Å². The first-order valence-electron chi connectivity index (χ1n) is 10.9. The number of rotatable bonds is 11. The predicted octanol–water partition coefficient (Wildman–Crippen LogP) is 7.21. The Kier molecular flexibility index (Phi) is 8.59. The van der Waals surface area contributed by atoms with Crippen molar-refractivity contribution in [3.63, 3.8) is 0 Å². The number of Topliss-reactive ketones (excluding diaryl/α,β-unsaturated/α-hetero) is 1. The average molecular weight is 420 g/mol. The van der Waals surface area contributed by atoms with Crippen molar-refractivity contribution in [1.29, 1.82) is 5.26 Å². The molecule has 3 rings (SSSR count). The summed E-state index contributed by atoms with van der Waals surface area (Å²) in [5, 5.41) is 8.76. The van der Waals surface area contributed by atoms with Crippen molar-refractivity contribution >= 4 is 23.6 Å². The molecule has 0 bridgehead atoms. The smallest absolute Gasteiger partial charge is 0.200 e. The van der Waals surface area contributed by atoms with Gasteiger partial charge in [0.15, 0.2) is 0 Å². The van der Waals surface area contributed by atoms with Crippen molar-refractivity contribution in [3.05, 3.63) is 64.1 Å². The molecule has 2 aromatic rings. The monoisotopic (exact) mass is 419 g/mol. The van der Waals surface area contributed by atoms with E-state index in [4.69, 9.17) is 10.00 Å². The van der Waals surface area contributed by atoms with Gasteiger partial charge in [0.05, 0.1) is 17.6 Å². The van der Waals surface area contributed by atoms with Crippen LogP contribution in [0.1, 0.15) is 73.4 Å². The van der Waals surface area contributed by atoms with Gasteiger partial charge in [0.2, 0.25) is 5.78 Å². The van der Waals surface area contributed by atoms with E-state index < -0.39 is 0 Å². The van der Waals surface area contributed by atoms with Crippen LogP contribution in [0.4, 0.5) is 0 Å². The molecular weight excluding hydrogens is 390 g/mol. The number of aryl methyl sites for hydroxylation is 1. The number of allylic oxidation sites excluding steroid dienone is 1. The Morgan fingerprint density at radius 3 is 2.57 bits per heavy atom. The molecule has 1 aliphatic rings. The van der Waals surface area contributed by atoms with Gasteiger partial charge in [-0.1, -0.05) is 69.0 Å². The summed E-state index contributed by atoms with van der Waals surface area (Å²) < 4.78 is 5.84. The van der Waals surface area contributed by atoms with Crippen molar-refractivity contribution in [2.75, 3.05) is 6.61 Å². The molecule has 0 saturated heterocycles. The second-order valence-electron chi connectivity index (χ2n) is 7.61. The maximum atomic E-state index is 12.8. The molecular formula is C26H29NO2S. The van der Waals surface area contributed by atoms with Crippen LogP contribution < -0.4 is 4.74 Å². The minimum Gasteiger partial charge on any atom is -0.494 e. The number of carbonyl (C=O) groups excluding carboxylic acids is 1. The molecule has 2 aromatic carbocycles. The Morgan fingerprint density at radius 2 is 1.80 bits per heavy atom. The molecule has 0 spiro atoms. The number of hydrogen-bond acceptors (Lipinski definition) is 4. The predicted molar refractivity (Wildman–Crippen MR) is 124 cm³/mol. The molecule has 0 aromatic heterocycles. The van der Waals surface area contributed by atoms with Crippen LogP contribution in [-0.4, -0.2) is 12.4 Å². The van der Waals surface area contributed by atoms with Gasteiger partial charge in [-0.3, -0.25) is 4.79 Å². The number of thioether (sulfide) groups is 1. The molecule has 0 atom stereocenters. The van der Waals surface area contributed by atoms with Crippen molar-refractivity contribution in [3.8, 4) is 11.8 Å². The Labute approximate surface area is 184 Å². The van der Waals surface area contributed by atoms with E-state index in [1.807, 2.05) is 48.5 Å². The molecule has 0 fully saturated rings. The van der Waals surface area contributed by atoms with Gasteiger partial charge in [0.25, 0.3) is 0 Å². The largest absolute Gasteiger partial charge is 0.494 e. The van der Waals surface area contributed by atoms with Crippen molar-refractivity contribution in [1.82, 2.24) is 0 Å². The lowest BCUT2D eigenvalue weighted by Gasteiger charge is -2.06. The molecule has 3 nitrogen and oxygen atoms in total. The van der Waals surface area contributed by atoms with Gasteiger partial charge in [-0.05, 0) is 54.3 Å². The third-order valence-corrected chi connectivity index (χ3v) is 6.30. The van der Waals surface area contributed by atoms with Crippen LogP contribution in [0.15, 0.2) is 52.3 Å². The SMILES string of the molecule is CCCCCCCCOc1ccc(/C=C2\Sc3ccc(CCC#N)cc3C2=O)cc1. The minimum atomic E-state index is 0.0669. The summed E-state index contributed by atoms with van der Waals surface area (Å²) in [6, 6.07) is 16.0. The highest BCUT2D eigenvalue weighted by atomic mass is 32.2. The van der Waals surface area contributed by atoms with Gasteiger partial charge in [-0.2, -0.15) is 5.26 Å². The number of fused-ring (bicyclic) bond motifs is 1. The van der Waals surface area contributed by atoms with Gasteiger partial charge in [0, 0.05) is 16.9 Å². The van der Waals surface area contributed by atoms with E-state index >= 15 is 0 Å². The molecule has 0 N–H and O–H groups in total. The topological polar surface area (TPSA) is 50.1 Å². The average Bonchev–Trinajstić information content (AvgIpc) is 3.07. The lowest BCUT2D eigenvalue weighted by molar-refractivity contribution is 0.104. The highest BCUT2D eigenvalue weighted by molar-refractivity contribution is 8.04. The molecule has 1 aliphatic heterocycles. The quantitative estimate of drug-likeness (QED) is 0.285. The van der Waals surface area contributed by atoms with Crippen molar-refractivity contribution in [2.24, 2.45) is 0 Å². The first-order valence-corrected chi connectivity index (χ1v) is 11.7. The fraction of sp³-hybridized carbons (Fsp3) is 0.385. The number of nitriles is 1. The zero-order valence-electron chi connectivity index (χ0n) is 17.7. The van der Waals surface area contributed by atoms with Crippen molar-refractivity contribution < 1.29 is 9.53 Å². The van der Waals surface area contributed by atoms with Crippen LogP contribution >= 0.6 is 11.8 Å². The molecule has 30 heavy (non-hydrogen) atoms. The number of ether oxygens (including phenoxy) is 1. The third kappa shape index (κ3) is 6.24. The molecule has 1 heterocycles. The first-order chi connectivity index (χ1) is 14.7. The molecule has 0 aliphatic carbocycles. The van der Waals surface area contributed by atoms with Gasteiger partial charge in [-0.25, -0.2) is 0 Å². The number of hydrogen-bond donors (Lipinski definition) is 0. The van der Waals surface area contributed by atoms with Crippen LogP contribution in [0, 0.1) is 11.3 Å². The standard InChI is InChI=1S/C26H29NO2S/c1-2-3-4-5-6-7-17-29-22-13-10-21(11-14-22)19-25-26(28)23-18-20(9-8-16-27)12-15-24(23)30-25/h10-15,18-19H,2-9,17H2,1H3/b25-19-. The summed E-state index contributed by atoms with van der Waals surface area (Å²) >= 11 is 1.52. The summed E-state index contributed by atoms with van der Waals surface area (Å²) in [4.78, 5) is 14.5. The molecule has 4 heteroatoms. The minimum absolute atomic E-state index is 0.0669. The normalized spacial score (nSPS) is 14.0. The van der Waals surface area contributed by atoms with E-state index in [0.29, 0.717) is 12.8 Å². The van der Waals surface area contributed by atoms with Crippen LogP contribution in [0.2, 0.25) is 0 Å². The molecule has 0 unspecified atom stereocenters. The summed E-state index contributed by atoms with van der Waals surface area (Å²) in [6.45, 7) is 2.99. The van der Waals surface area contributed by atoms with E-state index in [1.54, 1.807) is 0 Å². The number of unbranched alkanes of at least 4 members (excludes halogenated alkanes) is 5. The maximum absolute atomic E-state index is 12.8. The second-order valence-corrected chi connectivity index (χ2v) is 8.70. The highest BCUT2D eigenvalue weighted by Crippen LogP contribution is 2.41. The Balaban J connectivity index is 1.53. The Bertz CT molecular complexity index is 925. The van der Waals surface area contributed by atoms with E-state index in [0.717, 1.165) is 45.3 Å². The van der Waals surface area contributed by atoms with Gasteiger partial charge in [-0.15, -0.1) is 0 Å². The lowest BCUT2D eigenvalue weighted by atomic mass is 10.0. The number of nitrogens with zero attached hydrogens (tertiary/aromatic N) is 1. The maximum Gasteiger partial charge on any atom is 0.200 e. The van der Waals surface area contributed by atoms with Crippen LogP contribution in [0.3, 0.4) is 0 Å². The van der Waals surface area contributed by atoms with E-state index in [9.17, 15) is 4.79 Å². The molecule has 0 saturated carbocycles. The van der Waals surface area contributed by atoms with Gasteiger partial charge < -0.3 is 4.74 Å². The fourth-order valence-corrected chi connectivity index (χ4v) is 4.51. The highest BCUT2D eigenvalue weighted by Gasteiger charge is 2.26.